The molecule has 38 heavy (non-hydrogen) atoms. The molecule has 0 aliphatic carbocycles. The molecule has 8 nitrogen and oxygen atoms in total. The van der Waals surface area contributed by atoms with E-state index < -0.39 is 8.32 Å². The van der Waals surface area contributed by atoms with E-state index in [1.165, 1.54) is 17.2 Å². The number of benzene rings is 2. The molecule has 2 heterocycles. The molecular formula is C28H34FN5O3Si. The lowest BCUT2D eigenvalue weighted by Crippen LogP contribution is -2.42. The third-order valence-electron chi connectivity index (χ3n) is 7.20. The number of hydrogen-bond acceptors (Lipinski definition) is 7. The van der Waals surface area contributed by atoms with Gasteiger partial charge in [0.15, 0.2) is 8.32 Å². The number of aryl methyl sites for hydroxylation is 1. The van der Waals surface area contributed by atoms with Crippen molar-refractivity contribution in [1.82, 2.24) is 19.5 Å². The molecule has 4 aromatic rings. The van der Waals surface area contributed by atoms with Gasteiger partial charge in [-0.15, -0.1) is 0 Å². The number of halogens is 1. The zero-order chi connectivity index (χ0) is 27.7. The summed E-state index contributed by atoms with van der Waals surface area (Å²) in [6, 6.07) is 8.68. The van der Waals surface area contributed by atoms with Crippen molar-refractivity contribution in [2.75, 3.05) is 25.2 Å². The Morgan fingerprint density at radius 2 is 1.82 bits per heavy atom. The van der Waals surface area contributed by atoms with Crippen molar-refractivity contribution in [1.29, 1.82) is 0 Å². The van der Waals surface area contributed by atoms with Crippen molar-refractivity contribution in [3.8, 4) is 11.4 Å². The number of rotatable bonds is 8. The van der Waals surface area contributed by atoms with E-state index in [1.807, 2.05) is 11.0 Å². The lowest BCUT2D eigenvalue weighted by atomic mass is 10.1. The first kappa shape index (κ1) is 27.4. The molecule has 4 rings (SSSR count). The van der Waals surface area contributed by atoms with Gasteiger partial charge in [-0.25, -0.2) is 19.3 Å². The maximum atomic E-state index is 15.6. The van der Waals surface area contributed by atoms with Crippen LogP contribution in [0.5, 0.6) is 5.75 Å². The van der Waals surface area contributed by atoms with Crippen LogP contribution in [0.1, 0.15) is 26.3 Å². The van der Waals surface area contributed by atoms with Crippen molar-refractivity contribution < 1.29 is 13.6 Å². The Hall–Kier alpha value is -3.63. The predicted molar refractivity (Wildman–Crippen MR) is 151 cm³/mol. The van der Waals surface area contributed by atoms with Crippen LogP contribution in [0.25, 0.3) is 16.6 Å². The molecule has 0 atom stereocenters. The van der Waals surface area contributed by atoms with Crippen LogP contribution in [0.4, 0.5) is 15.8 Å². The smallest absolute Gasteiger partial charge is 0.265 e. The van der Waals surface area contributed by atoms with E-state index in [4.69, 9.17) is 9.16 Å². The van der Waals surface area contributed by atoms with Gasteiger partial charge in [0.2, 0.25) is 0 Å². The molecule has 0 fully saturated rings. The highest BCUT2D eigenvalue weighted by Crippen LogP contribution is 2.37. The van der Waals surface area contributed by atoms with Gasteiger partial charge in [-0.2, -0.15) is 0 Å². The van der Waals surface area contributed by atoms with Gasteiger partial charge in [0.25, 0.3) is 5.56 Å². The quantitative estimate of drug-likeness (QED) is 0.264. The van der Waals surface area contributed by atoms with Crippen LogP contribution in [0.3, 0.4) is 0 Å². The SMILES string of the molecule is COc1cc(C)c(F)c(N(CCO[Si](C)(C)C(C)(C)C)c2ccc3ncn(-c4cncnc4)c(=O)c3c2)c1. The number of fused-ring (bicyclic) bond motifs is 1. The molecule has 0 saturated carbocycles. The minimum absolute atomic E-state index is 0.0382. The van der Waals surface area contributed by atoms with E-state index >= 15 is 4.39 Å². The fraction of sp³-hybridized carbons (Fsp3) is 0.357. The lowest BCUT2D eigenvalue weighted by molar-refractivity contribution is 0.297. The first-order valence-corrected chi connectivity index (χ1v) is 15.4. The third kappa shape index (κ3) is 5.46. The van der Waals surface area contributed by atoms with Crippen LogP contribution in [0, 0.1) is 12.7 Å². The Bertz CT molecular complexity index is 1500. The van der Waals surface area contributed by atoms with E-state index in [9.17, 15) is 4.79 Å². The van der Waals surface area contributed by atoms with Gasteiger partial charge in [0, 0.05) is 18.3 Å². The molecule has 200 valence electrons. The molecule has 10 heteroatoms. The van der Waals surface area contributed by atoms with Gasteiger partial charge in [0.05, 0.1) is 48.4 Å². The van der Waals surface area contributed by atoms with Crippen molar-refractivity contribution in [2.45, 2.75) is 45.8 Å². The second kappa shape index (κ2) is 10.6. The molecular weight excluding hydrogens is 501 g/mol. The minimum Gasteiger partial charge on any atom is -0.497 e. The van der Waals surface area contributed by atoms with Gasteiger partial charge >= 0.3 is 0 Å². The largest absolute Gasteiger partial charge is 0.497 e. The Labute approximate surface area is 223 Å². The number of aromatic nitrogens is 4. The second-order valence-electron chi connectivity index (χ2n) is 10.8. The molecule has 0 spiro atoms. The standard InChI is InChI=1S/C28H34FN5O3Si/c1-19-12-22(36-5)14-25(26(19)29)33(10-11-37-38(6,7)28(2,3)4)20-8-9-24-23(13-20)27(35)34(18-32-24)21-15-30-17-31-16-21/h8-9,12-18H,10-11H2,1-7H3. The summed E-state index contributed by atoms with van der Waals surface area (Å²) in [4.78, 5) is 27.7. The lowest BCUT2D eigenvalue weighted by Gasteiger charge is -2.37. The Morgan fingerprint density at radius 3 is 2.47 bits per heavy atom. The highest BCUT2D eigenvalue weighted by atomic mass is 28.4. The summed E-state index contributed by atoms with van der Waals surface area (Å²) >= 11 is 0. The number of methoxy groups -OCH3 is 1. The van der Waals surface area contributed by atoms with Crippen LogP contribution < -0.4 is 15.2 Å². The van der Waals surface area contributed by atoms with Crippen molar-refractivity contribution in [2.24, 2.45) is 0 Å². The van der Waals surface area contributed by atoms with Crippen LogP contribution >= 0.6 is 0 Å². The van der Waals surface area contributed by atoms with E-state index in [0.29, 0.717) is 52.4 Å². The van der Waals surface area contributed by atoms with Crippen LogP contribution in [0.2, 0.25) is 18.1 Å². The van der Waals surface area contributed by atoms with E-state index in [2.05, 4.69) is 48.8 Å². The highest BCUT2D eigenvalue weighted by Gasteiger charge is 2.37. The summed E-state index contributed by atoms with van der Waals surface area (Å²) in [6.45, 7) is 13.4. The van der Waals surface area contributed by atoms with E-state index in [0.717, 1.165) is 0 Å². The van der Waals surface area contributed by atoms with E-state index in [-0.39, 0.29) is 16.4 Å². The fourth-order valence-electron chi connectivity index (χ4n) is 3.91. The summed E-state index contributed by atoms with van der Waals surface area (Å²) in [6.07, 6.45) is 5.95. The van der Waals surface area contributed by atoms with Crippen LogP contribution in [-0.2, 0) is 4.43 Å². The zero-order valence-corrected chi connectivity index (χ0v) is 23.9. The van der Waals surface area contributed by atoms with Crippen LogP contribution in [-0.4, -0.2) is 48.1 Å². The number of ether oxygens (including phenoxy) is 1. The molecule has 2 aromatic carbocycles. The normalized spacial score (nSPS) is 12.1. The summed E-state index contributed by atoms with van der Waals surface area (Å²) in [5.74, 6) is 0.186. The van der Waals surface area contributed by atoms with Crippen molar-refractivity contribution in [3.05, 3.63) is 77.1 Å². The summed E-state index contributed by atoms with van der Waals surface area (Å²) in [5, 5.41) is 0.431. The maximum Gasteiger partial charge on any atom is 0.265 e. The topological polar surface area (TPSA) is 82.4 Å². The van der Waals surface area contributed by atoms with Crippen LogP contribution in [0.15, 0.2) is 60.2 Å². The van der Waals surface area contributed by atoms with Gasteiger partial charge in [-0.05, 0) is 54.9 Å². The first-order valence-electron chi connectivity index (χ1n) is 12.5. The minimum atomic E-state index is -2.03. The van der Waals surface area contributed by atoms with Gasteiger partial charge in [0.1, 0.15) is 24.2 Å². The van der Waals surface area contributed by atoms with Gasteiger partial charge < -0.3 is 14.1 Å². The maximum absolute atomic E-state index is 15.6. The average molecular weight is 536 g/mol. The number of anilines is 2. The monoisotopic (exact) mass is 535 g/mol. The third-order valence-corrected chi connectivity index (χ3v) is 11.7. The Kier molecular flexibility index (Phi) is 7.66. The first-order chi connectivity index (χ1) is 17.9. The molecule has 0 aliphatic heterocycles. The summed E-state index contributed by atoms with van der Waals surface area (Å²) in [7, 11) is -0.479. The molecule has 0 unspecified atom stereocenters. The summed E-state index contributed by atoms with van der Waals surface area (Å²) < 4.78 is 28.8. The molecule has 0 saturated heterocycles. The molecule has 0 aliphatic rings. The van der Waals surface area contributed by atoms with Gasteiger partial charge in [-0.1, -0.05) is 20.8 Å². The molecule has 2 aromatic heterocycles. The Morgan fingerprint density at radius 1 is 1.11 bits per heavy atom. The van der Waals surface area contributed by atoms with Gasteiger partial charge in [-0.3, -0.25) is 9.36 Å². The average Bonchev–Trinajstić information content (AvgIpc) is 2.88. The number of nitrogens with zero attached hydrogens (tertiary/aromatic N) is 5. The molecule has 0 N–H and O–H groups in total. The predicted octanol–water partition coefficient (Wildman–Crippen LogP) is 5.79. The highest BCUT2D eigenvalue weighted by molar-refractivity contribution is 6.74. The molecule has 0 amide bonds. The summed E-state index contributed by atoms with van der Waals surface area (Å²) in [5.41, 5.74) is 2.22. The van der Waals surface area contributed by atoms with Crippen molar-refractivity contribution >= 4 is 30.6 Å². The fourth-order valence-corrected chi connectivity index (χ4v) is 4.94. The second-order valence-corrected chi connectivity index (χ2v) is 15.6. The molecule has 0 bridgehead atoms. The van der Waals surface area contributed by atoms with Crippen molar-refractivity contribution in [3.63, 3.8) is 0 Å². The molecule has 0 radical (unpaired) electrons. The zero-order valence-electron chi connectivity index (χ0n) is 22.9. The number of hydrogen-bond donors (Lipinski definition) is 0. The van der Waals surface area contributed by atoms with E-state index in [1.54, 1.807) is 50.7 Å². The Balaban J connectivity index is 1.81.